The second kappa shape index (κ2) is 14.1. The molecule has 0 bridgehead atoms. The Kier molecular flexibility index (Phi) is 11.2. The van der Waals surface area contributed by atoms with E-state index in [0.29, 0.717) is 54.1 Å². The fourth-order valence-electron chi connectivity index (χ4n) is 3.68. The first kappa shape index (κ1) is 29.4. The van der Waals surface area contributed by atoms with E-state index in [9.17, 15) is 9.59 Å². The molecule has 2 aliphatic heterocycles. The van der Waals surface area contributed by atoms with Crippen LogP contribution in [0.5, 0.6) is 0 Å². The second-order valence-corrected chi connectivity index (χ2v) is 13.5. The average Bonchev–Trinajstić information content (AvgIpc) is 2.93. The van der Waals surface area contributed by atoms with Crippen LogP contribution < -0.4 is 10.6 Å². The van der Waals surface area contributed by atoms with Gasteiger partial charge in [-0.05, 0) is 47.6 Å². The van der Waals surface area contributed by atoms with Crippen LogP contribution in [-0.4, -0.2) is 59.8 Å². The Bertz CT molecular complexity index is 1130. The lowest BCUT2D eigenvalue weighted by Gasteiger charge is -2.19. The molecule has 4 rings (SSSR count). The summed E-state index contributed by atoms with van der Waals surface area (Å²) < 4.78 is 0. The predicted octanol–water partition coefficient (Wildman–Crippen LogP) is 7.03. The summed E-state index contributed by atoms with van der Waals surface area (Å²) in [5.74, 6) is 1.94. The molecule has 0 aliphatic carbocycles. The van der Waals surface area contributed by atoms with Gasteiger partial charge in [-0.1, -0.05) is 70.3 Å². The van der Waals surface area contributed by atoms with Crippen molar-refractivity contribution < 1.29 is 9.59 Å². The van der Waals surface area contributed by atoms with Gasteiger partial charge in [0.15, 0.2) is 11.6 Å². The van der Waals surface area contributed by atoms with Gasteiger partial charge in [0.1, 0.15) is 0 Å². The van der Waals surface area contributed by atoms with Crippen LogP contribution >= 0.6 is 81.7 Å². The molecule has 0 amide bonds. The minimum Gasteiger partial charge on any atom is -0.314 e. The van der Waals surface area contributed by atoms with Crippen molar-refractivity contribution in [1.82, 2.24) is 10.6 Å². The fourth-order valence-corrected chi connectivity index (χ4v) is 7.77. The van der Waals surface area contributed by atoms with E-state index in [2.05, 4.69) is 10.6 Å². The fraction of sp³-hybridized carbons (Fsp3) is 0.308. The zero-order valence-electron chi connectivity index (χ0n) is 19.6. The third-order valence-corrected chi connectivity index (χ3v) is 11.3. The van der Waals surface area contributed by atoms with E-state index in [-0.39, 0.29) is 22.1 Å². The lowest BCUT2D eigenvalue weighted by atomic mass is 10.1. The van der Waals surface area contributed by atoms with Crippen molar-refractivity contribution >= 4 is 105 Å². The number of nitrogens with one attached hydrogen (secondary N) is 2. The molecule has 11 heteroatoms. The maximum atomic E-state index is 12.5. The summed E-state index contributed by atoms with van der Waals surface area (Å²) in [6.45, 7) is 3.18. The largest absolute Gasteiger partial charge is 0.314 e. The van der Waals surface area contributed by atoms with Crippen molar-refractivity contribution in [3.05, 3.63) is 67.6 Å². The number of hydrogen-bond donors (Lipinski definition) is 2. The predicted molar refractivity (Wildman–Crippen MR) is 163 cm³/mol. The molecular weight excluding hydrogens is 610 g/mol. The third kappa shape index (κ3) is 7.74. The summed E-state index contributed by atoms with van der Waals surface area (Å²) in [6.07, 6.45) is 6.53. The van der Waals surface area contributed by atoms with E-state index in [1.54, 1.807) is 47.8 Å². The van der Waals surface area contributed by atoms with Crippen LogP contribution in [0, 0.1) is 0 Å². The highest BCUT2D eigenvalue weighted by Gasteiger charge is 2.21. The van der Waals surface area contributed by atoms with Crippen molar-refractivity contribution in [3.8, 4) is 0 Å². The second-order valence-electron chi connectivity index (χ2n) is 8.26. The smallest absolute Gasteiger partial charge is 0.169 e. The Morgan fingerprint density at radius 2 is 1.16 bits per heavy atom. The molecule has 2 aliphatic rings. The molecule has 2 N–H and O–H groups in total. The summed E-state index contributed by atoms with van der Waals surface area (Å²) in [6, 6.07) is 7.32. The number of allylic oxidation sites excluding steroid dienone is 2. The maximum absolute atomic E-state index is 12.5. The summed E-state index contributed by atoms with van der Waals surface area (Å²) in [7, 11) is 0. The third-order valence-electron chi connectivity index (χ3n) is 5.72. The van der Waals surface area contributed by atoms with Gasteiger partial charge in [-0.3, -0.25) is 9.59 Å². The first-order valence-corrected chi connectivity index (χ1v) is 16.0. The number of carbonyl (C=O) groups excluding carboxylic acids is 2. The maximum Gasteiger partial charge on any atom is 0.169 e. The quantitative estimate of drug-likeness (QED) is 0.303. The van der Waals surface area contributed by atoms with Crippen LogP contribution in [0.1, 0.15) is 11.1 Å². The van der Waals surface area contributed by atoms with Gasteiger partial charge in [0.25, 0.3) is 0 Å². The zero-order chi connectivity index (χ0) is 26.4. The molecule has 196 valence electrons. The number of benzene rings is 2. The molecule has 2 fully saturated rings. The Hall–Kier alpha value is -0.610. The topological polar surface area (TPSA) is 58.2 Å². The number of rotatable bonds is 8. The van der Waals surface area contributed by atoms with Crippen LogP contribution in [-0.2, 0) is 9.59 Å². The number of halogens is 4. The molecule has 0 spiro atoms. The molecule has 4 nitrogen and oxygen atoms in total. The van der Waals surface area contributed by atoms with Gasteiger partial charge in [-0.25, -0.2) is 0 Å². The molecule has 0 aromatic heterocycles. The molecule has 2 aromatic rings. The summed E-state index contributed by atoms with van der Waals surface area (Å²) in [5, 5.41) is 7.77. The average molecular weight is 635 g/mol. The van der Waals surface area contributed by atoms with Gasteiger partial charge >= 0.3 is 0 Å². The zero-order valence-corrected chi connectivity index (χ0v) is 25.0. The van der Waals surface area contributed by atoms with Crippen molar-refractivity contribution in [2.24, 2.45) is 0 Å². The highest BCUT2D eigenvalue weighted by Crippen LogP contribution is 2.44. The van der Waals surface area contributed by atoms with Crippen molar-refractivity contribution in [2.75, 3.05) is 37.7 Å². The first-order valence-electron chi connectivity index (χ1n) is 11.6. The van der Waals surface area contributed by atoms with Crippen LogP contribution in [0.2, 0.25) is 20.1 Å². The van der Waals surface area contributed by atoms with Crippen LogP contribution in [0.25, 0.3) is 12.2 Å². The van der Waals surface area contributed by atoms with E-state index >= 15 is 0 Å². The van der Waals surface area contributed by atoms with Crippen LogP contribution in [0.3, 0.4) is 0 Å². The Balaban J connectivity index is 1.45. The Labute approximate surface area is 249 Å². The number of thioether (sulfide) groups is 2. The molecule has 2 atom stereocenters. The molecule has 0 radical (unpaired) electrons. The number of ketones is 2. The molecule has 37 heavy (non-hydrogen) atoms. The minimum absolute atomic E-state index is 0.0502. The van der Waals surface area contributed by atoms with Gasteiger partial charge in [0.05, 0.1) is 30.6 Å². The van der Waals surface area contributed by atoms with Gasteiger partial charge in [0, 0.05) is 47.5 Å². The number of carbonyl (C=O) groups is 2. The van der Waals surface area contributed by atoms with Crippen molar-refractivity contribution in [3.63, 3.8) is 0 Å². The standard InChI is InChI=1S/C26H24Cl4N2O2S3/c27-23-15(1-5-17(33)21-13-31-9-11-35-21)3-7-19(25(23)29)37-20-8-4-16(24(28)26(20)30)2-6-18(34)22-14-32-10-12-36-22/h1-8,21-22,31-32H,9-14H2. The van der Waals surface area contributed by atoms with Gasteiger partial charge in [-0.15, -0.1) is 23.5 Å². The SMILES string of the molecule is O=C(C=Cc1ccc(Sc2ccc(C=CC(=O)C3CNCCS3)c(Cl)c2Cl)c(Cl)c1Cl)C1CNCCS1. The highest BCUT2D eigenvalue weighted by atomic mass is 35.5. The molecule has 0 saturated carbocycles. The molecule has 2 saturated heterocycles. The summed E-state index contributed by atoms with van der Waals surface area (Å²) in [5.41, 5.74) is 1.33. The van der Waals surface area contributed by atoms with Crippen molar-refractivity contribution in [2.45, 2.75) is 20.3 Å². The molecule has 2 aromatic carbocycles. The first-order chi connectivity index (χ1) is 17.8. The summed E-state index contributed by atoms with van der Waals surface area (Å²) >= 11 is 30.9. The van der Waals surface area contributed by atoms with Crippen LogP contribution in [0.4, 0.5) is 0 Å². The van der Waals surface area contributed by atoms with Gasteiger partial charge in [-0.2, -0.15) is 0 Å². The lowest BCUT2D eigenvalue weighted by Crippen LogP contribution is -2.36. The molecular formula is C26H24Cl4N2O2S3. The van der Waals surface area contributed by atoms with E-state index in [0.717, 1.165) is 24.6 Å². The van der Waals surface area contributed by atoms with Gasteiger partial charge < -0.3 is 10.6 Å². The van der Waals surface area contributed by atoms with Crippen LogP contribution in [0.15, 0.2) is 46.2 Å². The minimum atomic E-state index is -0.0833. The highest BCUT2D eigenvalue weighted by molar-refractivity contribution is 8.01. The summed E-state index contributed by atoms with van der Waals surface area (Å²) in [4.78, 5) is 26.3. The van der Waals surface area contributed by atoms with Gasteiger partial charge in [0.2, 0.25) is 0 Å². The Morgan fingerprint density at radius 1 is 0.730 bits per heavy atom. The monoisotopic (exact) mass is 632 g/mol. The van der Waals surface area contributed by atoms with Crippen molar-refractivity contribution in [1.29, 1.82) is 0 Å². The number of hydrogen-bond acceptors (Lipinski definition) is 7. The molecule has 2 heterocycles. The Morgan fingerprint density at radius 3 is 1.54 bits per heavy atom. The molecule has 2 unspecified atom stereocenters. The van der Waals surface area contributed by atoms with E-state index in [1.807, 2.05) is 24.3 Å². The van der Waals surface area contributed by atoms with E-state index in [1.165, 1.54) is 11.8 Å². The van der Waals surface area contributed by atoms with E-state index < -0.39 is 0 Å². The normalized spacial score (nSPS) is 20.5. The lowest BCUT2D eigenvalue weighted by molar-refractivity contribution is -0.114. The van der Waals surface area contributed by atoms with E-state index in [4.69, 9.17) is 46.4 Å².